The number of piperazine rings is 1. The van der Waals surface area contributed by atoms with E-state index in [-0.39, 0.29) is 6.03 Å². The van der Waals surface area contributed by atoms with Crippen LogP contribution in [0.25, 0.3) is 0 Å². The second-order valence-electron chi connectivity index (χ2n) is 4.75. The zero-order chi connectivity index (χ0) is 13.1. The molecular weight excluding hydrogens is 236 g/mol. The van der Waals surface area contributed by atoms with E-state index in [0.717, 1.165) is 32.6 Å². The molecule has 0 aromatic heterocycles. The van der Waals surface area contributed by atoms with Gasteiger partial charge in [-0.3, -0.25) is 4.90 Å². The Morgan fingerprint density at radius 2 is 1.78 bits per heavy atom. The molecule has 0 aliphatic carbocycles. The summed E-state index contributed by atoms with van der Waals surface area (Å²) in [7, 11) is 1.64. The first-order valence-corrected chi connectivity index (χ1v) is 6.30. The normalized spacial score (nSPS) is 25.3. The van der Waals surface area contributed by atoms with Gasteiger partial charge in [0, 0.05) is 52.4 Å². The third kappa shape index (κ3) is 2.66. The topological polar surface area (TPSA) is 76.1 Å². The fraction of sp³-hybridized carbons (Fsp3) is 0.818. The quantitative estimate of drug-likeness (QED) is 0.675. The highest BCUT2D eigenvalue weighted by Crippen LogP contribution is 2.17. The molecule has 7 heteroatoms. The zero-order valence-corrected chi connectivity index (χ0v) is 10.6. The highest BCUT2D eigenvalue weighted by atomic mass is 16.4. The largest absolute Gasteiger partial charge is 0.465 e. The minimum Gasteiger partial charge on any atom is -0.465 e. The maximum Gasteiger partial charge on any atom is 0.407 e. The molecule has 2 aliphatic heterocycles. The van der Waals surface area contributed by atoms with Crippen molar-refractivity contribution in [3.05, 3.63) is 0 Å². The number of carboxylic acid groups (broad SMARTS) is 1. The average molecular weight is 256 g/mol. The first-order valence-electron chi connectivity index (χ1n) is 6.30. The molecule has 2 saturated heterocycles. The number of nitrogens with zero attached hydrogens (tertiary/aromatic N) is 3. The Bertz CT molecular complexity index is 328. The van der Waals surface area contributed by atoms with Gasteiger partial charge in [0.2, 0.25) is 0 Å². The van der Waals surface area contributed by atoms with Crippen LogP contribution in [0.5, 0.6) is 0 Å². The molecule has 102 valence electrons. The Balaban J connectivity index is 1.81. The van der Waals surface area contributed by atoms with Crippen LogP contribution in [0.1, 0.15) is 6.42 Å². The number of carbonyl (C=O) groups is 2. The average Bonchev–Trinajstić information content (AvgIpc) is 2.87. The Labute approximate surface area is 106 Å². The van der Waals surface area contributed by atoms with Crippen LogP contribution in [-0.4, -0.2) is 84.3 Å². The smallest absolute Gasteiger partial charge is 0.407 e. The lowest BCUT2D eigenvalue weighted by atomic mass is 10.2. The minimum absolute atomic E-state index is 0.0262. The number of amides is 3. The van der Waals surface area contributed by atoms with Crippen LogP contribution < -0.4 is 5.32 Å². The molecule has 18 heavy (non-hydrogen) atoms. The minimum atomic E-state index is -0.840. The molecule has 0 aromatic rings. The van der Waals surface area contributed by atoms with Gasteiger partial charge in [-0.2, -0.15) is 0 Å². The summed E-state index contributed by atoms with van der Waals surface area (Å²) in [5.41, 5.74) is 0. The summed E-state index contributed by atoms with van der Waals surface area (Å²) in [6.07, 6.45) is 0.133. The van der Waals surface area contributed by atoms with Crippen molar-refractivity contribution in [1.29, 1.82) is 0 Å². The third-order valence-electron chi connectivity index (χ3n) is 3.77. The van der Waals surface area contributed by atoms with Gasteiger partial charge in [0.15, 0.2) is 0 Å². The molecule has 1 unspecified atom stereocenters. The number of carbonyl (C=O) groups excluding carboxylic acids is 1. The van der Waals surface area contributed by atoms with E-state index in [0.29, 0.717) is 19.1 Å². The maximum absolute atomic E-state index is 11.5. The number of nitrogens with one attached hydrogen (secondary N) is 1. The van der Waals surface area contributed by atoms with Crippen molar-refractivity contribution in [3.8, 4) is 0 Å². The van der Waals surface area contributed by atoms with Gasteiger partial charge in [-0.05, 0) is 6.42 Å². The number of hydrogen-bond donors (Lipinski definition) is 2. The van der Waals surface area contributed by atoms with E-state index >= 15 is 0 Å². The Hall–Kier alpha value is -1.50. The summed E-state index contributed by atoms with van der Waals surface area (Å²) in [4.78, 5) is 27.9. The van der Waals surface area contributed by atoms with Gasteiger partial charge in [-0.1, -0.05) is 0 Å². The number of hydrogen-bond acceptors (Lipinski definition) is 3. The van der Waals surface area contributed by atoms with E-state index in [9.17, 15) is 9.59 Å². The van der Waals surface area contributed by atoms with Crippen molar-refractivity contribution in [2.75, 3.05) is 46.3 Å². The number of urea groups is 1. The fourth-order valence-electron chi connectivity index (χ4n) is 2.66. The maximum atomic E-state index is 11.5. The van der Waals surface area contributed by atoms with Crippen molar-refractivity contribution in [2.45, 2.75) is 12.5 Å². The summed E-state index contributed by atoms with van der Waals surface area (Å²) in [5.74, 6) is 0. The summed E-state index contributed by atoms with van der Waals surface area (Å²) in [5, 5.41) is 11.5. The second kappa shape index (κ2) is 5.43. The lowest BCUT2D eigenvalue weighted by Gasteiger charge is -2.36. The first kappa shape index (κ1) is 12.9. The Kier molecular flexibility index (Phi) is 3.90. The van der Waals surface area contributed by atoms with E-state index in [2.05, 4.69) is 10.2 Å². The van der Waals surface area contributed by atoms with Crippen LogP contribution >= 0.6 is 0 Å². The molecule has 0 bridgehead atoms. The Morgan fingerprint density at radius 1 is 1.11 bits per heavy atom. The SMILES string of the molecule is CNC(=O)N1CCC(N2CCN(C(=O)O)CC2)C1. The van der Waals surface area contributed by atoms with Gasteiger partial charge < -0.3 is 20.2 Å². The van der Waals surface area contributed by atoms with E-state index in [1.165, 1.54) is 4.90 Å². The molecule has 2 heterocycles. The molecular formula is C11H20N4O3. The van der Waals surface area contributed by atoms with Gasteiger partial charge in [0.25, 0.3) is 0 Å². The van der Waals surface area contributed by atoms with Crippen LogP contribution in [0.15, 0.2) is 0 Å². The molecule has 3 amide bonds. The van der Waals surface area contributed by atoms with Crippen molar-refractivity contribution >= 4 is 12.1 Å². The van der Waals surface area contributed by atoms with Crippen LogP contribution in [0.4, 0.5) is 9.59 Å². The molecule has 7 nitrogen and oxygen atoms in total. The van der Waals surface area contributed by atoms with E-state index in [1.807, 2.05) is 4.90 Å². The van der Waals surface area contributed by atoms with Gasteiger partial charge in [-0.15, -0.1) is 0 Å². The predicted octanol–water partition coefficient (Wildman–Crippen LogP) is -0.304. The van der Waals surface area contributed by atoms with Crippen LogP contribution in [0.3, 0.4) is 0 Å². The van der Waals surface area contributed by atoms with Crippen molar-refractivity contribution in [2.24, 2.45) is 0 Å². The number of rotatable bonds is 1. The van der Waals surface area contributed by atoms with Crippen molar-refractivity contribution in [1.82, 2.24) is 20.0 Å². The molecule has 2 N–H and O–H groups in total. The van der Waals surface area contributed by atoms with Gasteiger partial charge in [-0.25, -0.2) is 9.59 Å². The number of likely N-dealkylation sites (tertiary alicyclic amines) is 1. The fourth-order valence-corrected chi connectivity index (χ4v) is 2.66. The van der Waals surface area contributed by atoms with Gasteiger partial charge in [0.05, 0.1) is 0 Å². The zero-order valence-electron chi connectivity index (χ0n) is 10.6. The molecule has 2 rings (SSSR count). The molecule has 2 fully saturated rings. The highest BCUT2D eigenvalue weighted by molar-refractivity contribution is 5.74. The predicted molar refractivity (Wildman–Crippen MR) is 65.6 cm³/mol. The summed E-state index contributed by atoms with van der Waals surface area (Å²) >= 11 is 0. The summed E-state index contributed by atoms with van der Waals surface area (Å²) in [6.45, 7) is 4.17. The summed E-state index contributed by atoms with van der Waals surface area (Å²) < 4.78 is 0. The van der Waals surface area contributed by atoms with Gasteiger partial charge >= 0.3 is 12.1 Å². The molecule has 1 atom stereocenters. The molecule has 0 spiro atoms. The molecule has 0 aromatic carbocycles. The molecule has 2 aliphatic rings. The standard InChI is InChI=1S/C11H20N4O3/c1-12-10(16)15-3-2-9(8-15)13-4-6-14(7-5-13)11(17)18/h9H,2-8H2,1H3,(H,12,16)(H,17,18). The lowest BCUT2D eigenvalue weighted by Crippen LogP contribution is -2.52. The highest BCUT2D eigenvalue weighted by Gasteiger charge is 2.32. The van der Waals surface area contributed by atoms with E-state index < -0.39 is 6.09 Å². The van der Waals surface area contributed by atoms with Crippen molar-refractivity contribution in [3.63, 3.8) is 0 Å². The second-order valence-corrected chi connectivity index (χ2v) is 4.75. The van der Waals surface area contributed by atoms with Crippen LogP contribution in [0.2, 0.25) is 0 Å². The Morgan fingerprint density at radius 3 is 2.33 bits per heavy atom. The van der Waals surface area contributed by atoms with Crippen LogP contribution in [0, 0.1) is 0 Å². The molecule has 0 radical (unpaired) electrons. The van der Waals surface area contributed by atoms with Gasteiger partial charge in [0.1, 0.15) is 0 Å². The lowest BCUT2D eigenvalue weighted by molar-refractivity contribution is 0.0871. The monoisotopic (exact) mass is 256 g/mol. The van der Waals surface area contributed by atoms with E-state index in [4.69, 9.17) is 5.11 Å². The first-order chi connectivity index (χ1) is 8.61. The summed E-state index contributed by atoms with van der Waals surface area (Å²) in [6, 6.07) is 0.347. The third-order valence-corrected chi connectivity index (χ3v) is 3.77. The van der Waals surface area contributed by atoms with Crippen LogP contribution in [-0.2, 0) is 0 Å². The van der Waals surface area contributed by atoms with E-state index in [1.54, 1.807) is 7.05 Å². The van der Waals surface area contributed by atoms with Crippen molar-refractivity contribution < 1.29 is 14.7 Å². The molecule has 0 saturated carbocycles.